The fourth-order valence-electron chi connectivity index (χ4n) is 2.77. The molecular weight excluding hydrogens is 284 g/mol. The van der Waals surface area contributed by atoms with Gasteiger partial charge in [-0.3, -0.25) is 9.59 Å². The van der Waals surface area contributed by atoms with Crippen LogP contribution in [-0.2, 0) is 20.7 Å². The second-order valence-electron chi connectivity index (χ2n) is 6.29. The number of hydrogen-bond acceptors (Lipinski definition) is 4. The third kappa shape index (κ3) is 4.68. The summed E-state index contributed by atoms with van der Waals surface area (Å²) in [5.74, 6) is 0.101. The van der Waals surface area contributed by atoms with Gasteiger partial charge in [-0.25, -0.2) is 0 Å². The first-order valence-electron chi connectivity index (χ1n) is 7.52. The number of hydrogen-bond donors (Lipinski definition) is 1. The summed E-state index contributed by atoms with van der Waals surface area (Å²) < 4.78 is 11.1. The first-order valence-corrected chi connectivity index (χ1v) is 7.52. The van der Waals surface area contributed by atoms with E-state index >= 15 is 0 Å². The first kappa shape index (κ1) is 16.7. The Morgan fingerprint density at radius 1 is 1.50 bits per heavy atom. The third-order valence-electron chi connectivity index (χ3n) is 3.66. The van der Waals surface area contributed by atoms with Crippen LogP contribution >= 0.6 is 0 Å². The molecule has 0 radical (unpaired) electrons. The van der Waals surface area contributed by atoms with Crippen molar-refractivity contribution < 1.29 is 14.3 Å². The van der Waals surface area contributed by atoms with Gasteiger partial charge in [-0.1, -0.05) is 6.07 Å². The number of carbonyl (C=O) groups excluding carboxylic acids is 1. The number of nitrogens with one attached hydrogen (secondary N) is 1. The molecule has 6 heteroatoms. The van der Waals surface area contributed by atoms with E-state index in [2.05, 4.69) is 4.98 Å². The summed E-state index contributed by atoms with van der Waals surface area (Å²) in [5, 5.41) is 0. The van der Waals surface area contributed by atoms with Gasteiger partial charge in [0.25, 0.3) is 0 Å². The zero-order valence-corrected chi connectivity index (χ0v) is 13.4. The summed E-state index contributed by atoms with van der Waals surface area (Å²) in [5.41, 5.74) is 0.455. The number of aromatic amines is 1. The zero-order chi connectivity index (χ0) is 16.2. The minimum absolute atomic E-state index is 0.0919. The second kappa shape index (κ2) is 7.07. The summed E-state index contributed by atoms with van der Waals surface area (Å²) in [4.78, 5) is 27.9. The van der Waals surface area contributed by atoms with Crippen LogP contribution in [0.4, 0.5) is 0 Å². The van der Waals surface area contributed by atoms with Crippen LogP contribution < -0.4 is 5.56 Å². The molecule has 2 heterocycles. The Hall–Kier alpha value is -1.66. The van der Waals surface area contributed by atoms with Crippen LogP contribution in [0.15, 0.2) is 23.1 Å². The normalized spacial score (nSPS) is 20.9. The van der Waals surface area contributed by atoms with E-state index in [4.69, 9.17) is 9.47 Å². The summed E-state index contributed by atoms with van der Waals surface area (Å²) in [6, 6.07) is 3.23. The number of aryl methyl sites for hydroxylation is 1. The van der Waals surface area contributed by atoms with Crippen molar-refractivity contribution in [3.8, 4) is 0 Å². The lowest BCUT2D eigenvalue weighted by molar-refractivity contribution is -0.168. The van der Waals surface area contributed by atoms with Crippen molar-refractivity contribution in [1.82, 2.24) is 9.88 Å². The Bertz CT molecular complexity index is 547. The molecule has 0 aromatic carbocycles. The molecule has 1 saturated heterocycles. The fraction of sp³-hybridized carbons (Fsp3) is 0.625. The minimum Gasteiger partial charge on any atom is -0.382 e. The molecule has 0 aliphatic carbocycles. The number of rotatable bonds is 5. The average molecular weight is 308 g/mol. The molecule has 0 spiro atoms. The molecule has 1 fully saturated rings. The highest BCUT2D eigenvalue weighted by molar-refractivity contribution is 5.76. The number of nitrogens with zero attached hydrogens (tertiary/aromatic N) is 1. The molecule has 1 atom stereocenters. The van der Waals surface area contributed by atoms with E-state index in [1.807, 2.05) is 18.7 Å². The first-order chi connectivity index (χ1) is 10.4. The van der Waals surface area contributed by atoms with Crippen LogP contribution in [-0.4, -0.2) is 54.3 Å². The van der Waals surface area contributed by atoms with Gasteiger partial charge >= 0.3 is 0 Å². The summed E-state index contributed by atoms with van der Waals surface area (Å²) in [7, 11) is 1.63. The molecule has 1 aliphatic heterocycles. The molecule has 1 aromatic rings. The monoisotopic (exact) mass is 308 g/mol. The number of pyridine rings is 1. The lowest BCUT2D eigenvalue weighted by atomic mass is 10.0. The van der Waals surface area contributed by atoms with E-state index in [1.165, 1.54) is 6.07 Å². The van der Waals surface area contributed by atoms with Crippen molar-refractivity contribution in [2.75, 3.05) is 26.8 Å². The summed E-state index contributed by atoms with van der Waals surface area (Å²) in [6.07, 6.45) is 2.60. The Kier molecular flexibility index (Phi) is 5.37. The maximum Gasteiger partial charge on any atom is 0.247 e. The van der Waals surface area contributed by atoms with E-state index in [0.29, 0.717) is 32.5 Å². The number of aromatic nitrogens is 1. The van der Waals surface area contributed by atoms with E-state index in [-0.39, 0.29) is 23.2 Å². The quantitative estimate of drug-likeness (QED) is 0.879. The lowest BCUT2D eigenvalue weighted by Gasteiger charge is -2.42. The minimum atomic E-state index is -0.366. The van der Waals surface area contributed by atoms with Crippen LogP contribution in [0, 0.1) is 0 Å². The van der Waals surface area contributed by atoms with Gasteiger partial charge in [0.2, 0.25) is 11.5 Å². The molecule has 6 nitrogen and oxygen atoms in total. The molecule has 1 aromatic heterocycles. The van der Waals surface area contributed by atoms with E-state index in [0.717, 1.165) is 5.56 Å². The number of morpholine rings is 1. The molecule has 2 rings (SSSR count). The number of ether oxygens (including phenoxy) is 2. The smallest absolute Gasteiger partial charge is 0.247 e. The van der Waals surface area contributed by atoms with Crippen molar-refractivity contribution in [1.29, 1.82) is 0 Å². The highest BCUT2D eigenvalue weighted by Crippen LogP contribution is 2.22. The van der Waals surface area contributed by atoms with Crippen LogP contribution in [0.3, 0.4) is 0 Å². The Labute approximate surface area is 130 Å². The van der Waals surface area contributed by atoms with Crippen molar-refractivity contribution >= 4 is 5.91 Å². The maximum absolute atomic E-state index is 12.4. The van der Waals surface area contributed by atoms with Crippen LogP contribution in [0.1, 0.15) is 25.8 Å². The van der Waals surface area contributed by atoms with Gasteiger partial charge in [0.1, 0.15) is 0 Å². The van der Waals surface area contributed by atoms with Crippen LogP contribution in [0.5, 0.6) is 0 Å². The van der Waals surface area contributed by atoms with Gasteiger partial charge in [-0.15, -0.1) is 0 Å². The molecule has 122 valence electrons. The third-order valence-corrected chi connectivity index (χ3v) is 3.66. The van der Waals surface area contributed by atoms with Gasteiger partial charge in [-0.2, -0.15) is 0 Å². The largest absolute Gasteiger partial charge is 0.382 e. The predicted molar refractivity (Wildman–Crippen MR) is 82.8 cm³/mol. The molecule has 0 saturated carbocycles. The average Bonchev–Trinajstić information content (AvgIpc) is 2.45. The molecule has 1 aliphatic rings. The highest BCUT2D eigenvalue weighted by Gasteiger charge is 2.35. The Morgan fingerprint density at radius 2 is 2.27 bits per heavy atom. The molecule has 1 N–H and O–H groups in total. The van der Waals surface area contributed by atoms with E-state index in [1.54, 1.807) is 19.4 Å². The van der Waals surface area contributed by atoms with Crippen molar-refractivity contribution in [3.63, 3.8) is 0 Å². The fourth-order valence-corrected chi connectivity index (χ4v) is 2.77. The van der Waals surface area contributed by atoms with Gasteiger partial charge in [0, 0.05) is 38.9 Å². The lowest BCUT2D eigenvalue weighted by Crippen LogP contribution is -2.55. The van der Waals surface area contributed by atoms with Crippen molar-refractivity contribution in [3.05, 3.63) is 34.2 Å². The second-order valence-corrected chi connectivity index (χ2v) is 6.29. The standard InChI is InChI=1S/C16H24N2O4/c1-16(2)11-18(9-13(22-16)10-21-3)15(20)7-5-12-4-6-14(19)17-8-12/h4,6,8,13H,5,7,9-11H2,1-3H3,(H,17,19)/t13-/m0/s1. The van der Waals surface area contributed by atoms with Gasteiger partial charge in [-0.05, 0) is 25.8 Å². The topological polar surface area (TPSA) is 71.6 Å². The van der Waals surface area contributed by atoms with Crippen LogP contribution in [0.25, 0.3) is 0 Å². The van der Waals surface area contributed by atoms with Crippen molar-refractivity contribution in [2.45, 2.75) is 38.4 Å². The Balaban J connectivity index is 1.93. The van der Waals surface area contributed by atoms with Crippen LogP contribution in [0.2, 0.25) is 0 Å². The number of carbonyl (C=O) groups is 1. The molecule has 1 amide bonds. The summed E-state index contributed by atoms with van der Waals surface area (Å²) >= 11 is 0. The molecule has 0 unspecified atom stereocenters. The van der Waals surface area contributed by atoms with Gasteiger partial charge in [0.05, 0.1) is 18.3 Å². The number of methoxy groups -OCH3 is 1. The maximum atomic E-state index is 12.4. The zero-order valence-electron chi connectivity index (χ0n) is 13.4. The van der Waals surface area contributed by atoms with Crippen molar-refractivity contribution in [2.24, 2.45) is 0 Å². The highest BCUT2D eigenvalue weighted by atomic mass is 16.5. The predicted octanol–water partition coefficient (Wildman–Crippen LogP) is 0.960. The summed E-state index contributed by atoms with van der Waals surface area (Å²) in [6.45, 7) is 5.58. The molecular formula is C16H24N2O4. The van der Waals surface area contributed by atoms with E-state index in [9.17, 15) is 9.59 Å². The van der Waals surface area contributed by atoms with E-state index < -0.39 is 0 Å². The number of amides is 1. The van der Waals surface area contributed by atoms with Gasteiger partial charge in [0.15, 0.2) is 0 Å². The number of H-pyrrole nitrogens is 1. The molecule has 0 bridgehead atoms. The van der Waals surface area contributed by atoms with Gasteiger partial charge < -0.3 is 19.4 Å². The molecule has 22 heavy (non-hydrogen) atoms. The SMILES string of the molecule is COC[C@@H]1CN(C(=O)CCc2ccc(=O)[nH]c2)CC(C)(C)O1. The Morgan fingerprint density at radius 3 is 2.91 bits per heavy atom.